The zero-order valence-corrected chi connectivity index (χ0v) is 19.5. The molecule has 4 aromatic rings. The summed E-state index contributed by atoms with van der Waals surface area (Å²) in [5, 5.41) is 15.4. The highest BCUT2D eigenvalue weighted by molar-refractivity contribution is 7.92. The van der Waals surface area contributed by atoms with E-state index >= 15 is 0 Å². The van der Waals surface area contributed by atoms with E-state index in [2.05, 4.69) is 10.1 Å². The van der Waals surface area contributed by atoms with E-state index in [1.54, 1.807) is 42.5 Å². The van der Waals surface area contributed by atoms with Gasteiger partial charge in [0.05, 0.1) is 28.3 Å². The molecule has 2 aromatic heterocycles. The fraction of sp³-hybridized carbons (Fsp3) is 0.217. The Kier molecular flexibility index (Phi) is 6.46. The first-order valence-corrected chi connectivity index (χ1v) is 12.0. The van der Waals surface area contributed by atoms with Gasteiger partial charge in [0.25, 0.3) is 10.0 Å². The summed E-state index contributed by atoms with van der Waals surface area (Å²) in [6.07, 6.45) is 4.10. The Bertz CT molecular complexity index is 1430. The number of nitro groups is 1. The van der Waals surface area contributed by atoms with Crippen LogP contribution in [0.25, 0.3) is 16.9 Å². The second-order valence-electron chi connectivity index (χ2n) is 7.51. The largest absolute Gasteiger partial charge is 0.497 e. The number of aromatic nitrogens is 3. The zero-order valence-electron chi connectivity index (χ0n) is 18.7. The minimum absolute atomic E-state index is 0.113. The quantitative estimate of drug-likeness (QED) is 0.258. The number of hydrogen-bond acceptors (Lipinski definition) is 7. The van der Waals surface area contributed by atoms with Crippen LogP contribution in [-0.4, -0.2) is 41.6 Å². The fourth-order valence-corrected chi connectivity index (χ4v) is 5.11. The lowest BCUT2D eigenvalue weighted by atomic mass is 10.1. The van der Waals surface area contributed by atoms with Crippen LogP contribution in [0.15, 0.2) is 71.9 Å². The van der Waals surface area contributed by atoms with Gasteiger partial charge in [-0.3, -0.25) is 14.4 Å². The number of nitrogens with zero attached hydrogens (tertiary/aromatic N) is 5. The molecular formula is C23H23N5O5S. The van der Waals surface area contributed by atoms with E-state index in [9.17, 15) is 18.5 Å². The lowest BCUT2D eigenvalue weighted by Crippen LogP contribution is -2.32. The van der Waals surface area contributed by atoms with Gasteiger partial charge in [0.2, 0.25) is 5.65 Å². The van der Waals surface area contributed by atoms with Gasteiger partial charge in [-0.05, 0) is 48.9 Å². The van der Waals surface area contributed by atoms with Crippen molar-refractivity contribution in [3.05, 3.63) is 77.1 Å². The van der Waals surface area contributed by atoms with Crippen LogP contribution >= 0.6 is 0 Å². The molecule has 0 fully saturated rings. The first-order chi connectivity index (χ1) is 16.4. The monoisotopic (exact) mass is 481 g/mol. The van der Waals surface area contributed by atoms with Crippen molar-refractivity contribution in [3.8, 4) is 17.0 Å². The molecule has 0 bridgehead atoms. The summed E-state index contributed by atoms with van der Waals surface area (Å²) in [6.45, 7) is 2.29. The van der Waals surface area contributed by atoms with Crippen molar-refractivity contribution in [2.45, 2.75) is 24.7 Å². The van der Waals surface area contributed by atoms with Gasteiger partial charge < -0.3 is 4.74 Å². The molecule has 0 radical (unpaired) electrons. The Morgan fingerprint density at radius 3 is 2.59 bits per heavy atom. The molecule has 10 nitrogen and oxygen atoms in total. The number of fused-ring (bicyclic) bond motifs is 1. The van der Waals surface area contributed by atoms with Crippen LogP contribution in [0, 0.1) is 10.1 Å². The van der Waals surface area contributed by atoms with Gasteiger partial charge in [-0.2, -0.15) is 5.10 Å². The molecule has 0 unspecified atom stereocenters. The first-order valence-electron chi connectivity index (χ1n) is 10.6. The van der Waals surface area contributed by atoms with Crippen molar-refractivity contribution in [3.63, 3.8) is 0 Å². The molecule has 0 N–H and O–H groups in total. The normalized spacial score (nSPS) is 11.5. The molecule has 0 saturated heterocycles. The van der Waals surface area contributed by atoms with E-state index in [4.69, 9.17) is 4.74 Å². The van der Waals surface area contributed by atoms with Gasteiger partial charge in [0, 0.05) is 18.3 Å². The molecule has 0 saturated carbocycles. The molecule has 0 aliphatic carbocycles. The van der Waals surface area contributed by atoms with Gasteiger partial charge in [-0.1, -0.05) is 25.5 Å². The van der Waals surface area contributed by atoms with E-state index < -0.39 is 14.9 Å². The van der Waals surface area contributed by atoms with E-state index in [-0.39, 0.29) is 16.2 Å². The maximum Gasteiger partial charge on any atom is 0.333 e. The highest BCUT2D eigenvalue weighted by Crippen LogP contribution is 2.30. The number of benzene rings is 2. The van der Waals surface area contributed by atoms with Crippen LogP contribution < -0.4 is 9.04 Å². The summed E-state index contributed by atoms with van der Waals surface area (Å²) in [5.41, 5.74) is 1.59. The molecule has 0 spiro atoms. The average molecular weight is 482 g/mol. The standard InChI is InChI=1S/C23H23N5O5S/c1-3-4-14-26(34(31,32)20-10-8-19(33-2)9-11-20)18-7-5-6-17(15-18)21-12-13-24-23-22(28(29)30)16-25-27(21)23/h5-13,15-16H,3-4,14H2,1-2H3. The minimum Gasteiger partial charge on any atom is -0.497 e. The van der Waals surface area contributed by atoms with Crippen molar-refractivity contribution >= 4 is 27.0 Å². The Labute approximate surface area is 196 Å². The maximum absolute atomic E-state index is 13.6. The Morgan fingerprint density at radius 2 is 1.91 bits per heavy atom. The summed E-state index contributed by atoms with van der Waals surface area (Å²) in [6, 6.07) is 14.9. The lowest BCUT2D eigenvalue weighted by molar-refractivity contribution is -0.383. The van der Waals surface area contributed by atoms with E-state index in [0.717, 1.165) is 12.6 Å². The number of methoxy groups -OCH3 is 1. The summed E-state index contributed by atoms with van der Waals surface area (Å²) in [7, 11) is -2.33. The van der Waals surface area contributed by atoms with Gasteiger partial charge in [0.15, 0.2) is 0 Å². The molecule has 11 heteroatoms. The first kappa shape index (κ1) is 23.2. The SMILES string of the molecule is CCCCN(c1cccc(-c2ccnc3c([N+](=O)[O-])cnn23)c1)S(=O)(=O)c1ccc(OC)cc1. The smallest absolute Gasteiger partial charge is 0.333 e. The van der Waals surface area contributed by atoms with Crippen LogP contribution in [0.4, 0.5) is 11.4 Å². The van der Waals surface area contributed by atoms with Crippen LogP contribution in [0.2, 0.25) is 0 Å². The number of unbranched alkanes of at least 4 members (excludes halogenated alkanes) is 1. The van der Waals surface area contributed by atoms with Crippen molar-refractivity contribution < 1.29 is 18.1 Å². The molecule has 2 aromatic carbocycles. The van der Waals surface area contributed by atoms with Crippen LogP contribution in [0.1, 0.15) is 19.8 Å². The van der Waals surface area contributed by atoms with Gasteiger partial charge in [-0.15, -0.1) is 0 Å². The zero-order chi connectivity index (χ0) is 24.3. The van der Waals surface area contributed by atoms with Gasteiger partial charge >= 0.3 is 5.69 Å². The Morgan fingerprint density at radius 1 is 1.15 bits per heavy atom. The third-order valence-electron chi connectivity index (χ3n) is 5.37. The molecule has 0 amide bonds. The predicted octanol–water partition coefficient (Wildman–Crippen LogP) is 4.31. The average Bonchev–Trinajstić information content (AvgIpc) is 3.29. The van der Waals surface area contributed by atoms with E-state index in [1.165, 1.54) is 34.3 Å². The molecule has 0 atom stereocenters. The molecular weight excluding hydrogens is 458 g/mol. The molecule has 2 heterocycles. The van der Waals surface area contributed by atoms with Crippen LogP contribution in [0.5, 0.6) is 5.75 Å². The molecule has 4 rings (SSSR count). The summed E-state index contributed by atoms with van der Waals surface area (Å²) in [4.78, 5) is 15.0. The summed E-state index contributed by atoms with van der Waals surface area (Å²) >= 11 is 0. The molecule has 34 heavy (non-hydrogen) atoms. The van der Waals surface area contributed by atoms with Crippen molar-refractivity contribution in [2.75, 3.05) is 18.0 Å². The third-order valence-corrected chi connectivity index (χ3v) is 7.21. The molecule has 0 aliphatic rings. The predicted molar refractivity (Wildman–Crippen MR) is 128 cm³/mol. The van der Waals surface area contributed by atoms with Crippen molar-refractivity contribution in [1.82, 2.24) is 14.6 Å². The number of hydrogen-bond donors (Lipinski definition) is 0. The summed E-state index contributed by atoms with van der Waals surface area (Å²) in [5.74, 6) is 0.566. The van der Waals surface area contributed by atoms with E-state index in [0.29, 0.717) is 35.7 Å². The Hall–Kier alpha value is -3.99. The number of rotatable bonds is 9. The molecule has 176 valence electrons. The Balaban J connectivity index is 1.80. The topological polar surface area (TPSA) is 120 Å². The highest BCUT2D eigenvalue weighted by atomic mass is 32.2. The van der Waals surface area contributed by atoms with Crippen molar-refractivity contribution in [2.24, 2.45) is 0 Å². The number of sulfonamides is 1. The lowest BCUT2D eigenvalue weighted by Gasteiger charge is -2.25. The van der Waals surface area contributed by atoms with Crippen LogP contribution in [0.3, 0.4) is 0 Å². The number of ether oxygens (including phenoxy) is 1. The minimum atomic E-state index is -3.85. The second-order valence-corrected chi connectivity index (χ2v) is 9.37. The third kappa shape index (κ3) is 4.29. The highest BCUT2D eigenvalue weighted by Gasteiger charge is 2.25. The second kappa shape index (κ2) is 9.48. The maximum atomic E-state index is 13.6. The van der Waals surface area contributed by atoms with Gasteiger partial charge in [-0.25, -0.2) is 17.9 Å². The fourth-order valence-electron chi connectivity index (χ4n) is 3.61. The van der Waals surface area contributed by atoms with Crippen LogP contribution in [-0.2, 0) is 10.0 Å². The van der Waals surface area contributed by atoms with E-state index in [1.807, 2.05) is 6.92 Å². The van der Waals surface area contributed by atoms with Crippen molar-refractivity contribution in [1.29, 1.82) is 0 Å². The molecule has 0 aliphatic heterocycles. The number of anilines is 1. The van der Waals surface area contributed by atoms with Gasteiger partial charge in [0.1, 0.15) is 11.9 Å². The summed E-state index contributed by atoms with van der Waals surface area (Å²) < 4.78 is 35.0.